The Bertz CT molecular complexity index is 1240. The van der Waals surface area contributed by atoms with E-state index in [0.717, 1.165) is 11.3 Å². The number of hydrogen-bond donors (Lipinski definition) is 2. The minimum atomic E-state index is -0.619. The minimum absolute atomic E-state index is 0.0430. The van der Waals surface area contributed by atoms with Crippen molar-refractivity contribution < 1.29 is 28.9 Å². The van der Waals surface area contributed by atoms with Crippen molar-refractivity contribution in [3.8, 4) is 17.2 Å². The largest absolute Gasteiger partial charge is 0.508 e. The summed E-state index contributed by atoms with van der Waals surface area (Å²) < 4.78 is 16.4. The molecule has 1 aliphatic heterocycles. The van der Waals surface area contributed by atoms with Gasteiger partial charge in [0, 0.05) is 29.3 Å². The van der Waals surface area contributed by atoms with Crippen LogP contribution < -0.4 is 14.8 Å². The first kappa shape index (κ1) is 25.4. The first-order chi connectivity index (χ1) is 17.2. The third kappa shape index (κ3) is 4.96. The van der Waals surface area contributed by atoms with Gasteiger partial charge in [-0.25, -0.2) is 4.79 Å². The highest BCUT2D eigenvalue weighted by Gasteiger charge is 2.41. The third-order valence-corrected chi connectivity index (χ3v) is 6.68. The Hall–Kier alpha value is -3.74. The molecule has 2 aromatic carbocycles. The van der Waals surface area contributed by atoms with Gasteiger partial charge in [0.2, 0.25) is 0 Å². The van der Waals surface area contributed by atoms with Gasteiger partial charge < -0.3 is 24.6 Å². The van der Waals surface area contributed by atoms with Crippen molar-refractivity contribution in [3.05, 3.63) is 76.1 Å². The fraction of sp³-hybridized carbons (Fsp3) is 0.379. The molecule has 1 aliphatic carbocycles. The van der Waals surface area contributed by atoms with E-state index >= 15 is 0 Å². The number of phenolic OH excluding ortho intramolecular Hbond substituents is 1. The van der Waals surface area contributed by atoms with E-state index < -0.39 is 11.9 Å². The molecular weight excluding hydrogens is 458 g/mol. The minimum Gasteiger partial charge on any atom is -0.508 e. The van der Waals surface area contributed by atoms with Crippen LogP contribution in [0.1, 0.15) is 56.6 Å². The van der Waals surface area contributed by atoms with Gasteiger partial charge in [-0.1, -0.05) is 32.0 Å². The van der Waals surface area contributed by atoms with Gasteiger partial charge in [0.05, 0.1) is 26.4 Å². The number of carbonyl (C=O) groups excluding carboxylic acids is 2. The zero-order chi connectivity index (χ0) is 26.0. The molecule has 36 heavy (non-hydrogen) atoms. The fourth-order valence-electron chi connectivity index (χ4n) is 5.01. The smallest absolute Gasteiger partial charge is 0.336 e. The molecule has 190 valence electrons. The normalized spacial score (nSPS) is 19.7. The van der Waals surface area contributed by atoms with E-state index in [9.17, 15) is 14.7 Å². The Labute approximate surface area is 211 Å². The summed E-state index contributed by atoms with van der Waals surface area (Å²) in [4.78, 5) is 26.9. The summed E-state index contributed by atoms with van der Waals surface area (Å²) in [5.74, 6) is 0.324. The standard InChI is InChI=1S/C29H33NO6/c1-16(2)15-36-29(33)26-17(3)30-22-12-20(18-9-10-24(34-4)25(14-18)35-5)13-23(32)28(22)27(26)19-7-6-8-21(31)11-19/h6-11,14,16,20,27,30-31H,12-13,15H2,1-5H3/t20-,27+/m0/s1. The molecule has 4 rings (SSSR count). The second kappa shape index (κ2) is 10.5. The summed E-state index contributed by atoms with van der Waals surface area (Å²) in [6.45, 7) is 6.06. The highest BCUT2D eigenvalue weighted by molar-refractivity contribution is 6.04. The molecule has 7 heteroatoms. The number of aromatic hydroxyl groups is 1. The molecular formula is C29H33NO6. The van der Waals surface area contributed by atoms with Gasteiger partial charge >= 0.3 is 5.97 Å². The first-order valence-electron chi connectivity index (χ1n) is 12.2. The van der Waals surface area contributed by atoms with Gasteiger partial charge in [-0.2, -0.15) is 0 Å². The zero-order valence-corrected chi connectivity index (χ0v) is 21.4. The molecule has 0 spiro atoms. The fourth-order valence-corrected chi connectivity index (χ4v) is 5.01. The van der Waals surface area contributed by atoms with E-state index in [-0.39, 0.29) is 30.0 Å². The van der Waals surface area contributed by atoms with Gasteiger partial charge in [0.25, 0.3) is 0 Å². The SMILES string of the molecule is COc1ccc([C@@H]2CC(=O)C3=C(C2)NC(C)=C(C(=O)OCC(C)C)[C@H]3c2cccc(O)c2)cc1OC. The Balaban J connectivity index is 1.75. The number of ether oxygens (including phenoxy) is 3. The van der Waals surface area contributed by atoms with Gasteiger partial charge in [0.1, 0.15) is 5.75 Å². The van der Waals surface area contributed by atoms with Crippen molar-refractivity contribution in [1.29, 1.82) is 0 Å². The molecule has 0 fully saturated rings. The van der Waals surface area contributed by atoms with Crippen LogP contribution in [0.25, 0.3) is 0 Å². The summed E-state index contributed by atoms with van der Waals surface area (Å²) in [5, 5.41) is 13.5. The molecule has 2 N–H and O–H groups in total. The highest BCUT2D eigenvalue weighted by Crippen LogP contribution is 2.46. The van der Waals surface area contributed by atoms with Gasteiger partial charge in [0.15, 0.2) is 17.3 Å². The van der Waals surface area contributed by atoms with Gasteiger partial charge in [-0.3, -0.25) is 4.79 Å². The van der Waals surface area contributed by atoms with E-state index in [4.69, 9.17) is 14.2 Å². The molecule has 0 amide bonds. The van der Waals surface area contributed by atoms with E-state index in [2.05, 4.69) is 5.32 Å². The topological polar surface area (TPSA) is 94.1 Å². The Kier molecular flexibility index (Phi) is 7.38. The lowest BCUT2D eigenvalue weighted by Gasteiger charge is -2.37. The van der Waals surface area contributed by atoms with Crippen LogP contribution in [0.15, 0.2) is 65.0 Å². The Morgan fingerprint density at radius 1 is 1.06 bits per heavy atom. The van der Waals surface area contributed by atoms with Crippen LogP contribution in [0.5, 0.6) is 17.2 Å². The molecule has 2 aliphatic rings. The number of rotatable bonds is 7. The summed E-state index contributed by atoms with van der Waals surface area (Å²) in [5.41, 5.74) is 4.05. The van der Waals surface area contributed by atoms with Crippen LogP contribution >= 0.6 is 0 Å². The van der Waals surface area contributed by atoms with E-state index in [1.807, 2.05) is 45.0 Å². The van der Waals surface area contributed by atoms with Crippen molar-refractivity contribution in [2.45, 2.75) is 45.4 Å². The predicted octanol–water partition coefficient (Wildman–Crippen LogP) is 4.97. The third-order valence-electron chi connectivity index (χ3n) is 6.68. The Morgan fingerprint density at radius 3 is 2.47 bits per heavy atom. The summed E-state index contributed by atoms with van der Waals surface area (Å²) in [6.07, 6.45) is 0.885. The van der Waals surface area contributed by atoms with E-state index in [1.165, 1.54) is 0 Å². The average molecular weight is 492 g/mol. The zero-order valence-electron chi connectivity index (χ0n) is 21.4. The number of esters is 1. The first-order valence-corrected chi connectivity index (χ1v) is 12.2. The second-order valence-electron chi connectivity index (χ2n) is 9.72. The number of hydrogen-bond acceptors (Lipinski definition) is 7. The maximum atomic E-state index is 13.7. The van der Waals surface area contributed by atoms with Gasteiger partial charge in [-0.05, 0) is 60.6 Å². The highest BCUT2D eigenvalue weighted by atomic mass is 16.5. The molecule has 0 saturated carbocycles. The van der Waals surface area contributed by atoms with Crippen molar-refractivity contribution in [2.24, 2.45) is 5.92 Å². The van der Waals surface area contributed by atoms with Crippen LogP contribution in [0.4, 0.5) is 0 Å². The van der Waals surface area contributed by atoms with Crippen molar-refractivity contribution >= 4 is 11.8 Å². The van der Waals surface area contributed by atoms with Gasteiger partial charge in [-0.15, -0.1) is 0 Å². The maximum Gasteiger partial charge on any atom is 0.336 e. The molecule has 2 aromatic rings. The van der Waals surface area contributed by atoms with Crippen LogP contribution in [0.2, 0.25) is 0 Å². The lowest BCUT2D eigenvalue weighted by Crippen LogP contribution is -2.36. The van der Waals surface area contributed by atoms with Crippen molar-refractivity contribution in [3.63, 3.8) is 0 Å². The quantitative estimate of drug-likeness (QED) is 0.528. The molecule has 7 nitrogen and oxygen atoms in total. The van der Waals surface area contributed by atoms with Crippen LogP contribution in [-0.2, 0) is 14.3 Å². The lowest BCUT2D eigenvalue weighted by molar-refractivity contribution is -0.140. The molecule has 0 aromatic heterocycles. The van der Waals surface area contributed by atoms with Crippen LogP contribution in [0, 0.1) is 5.92 Å². The lowest BCUT2D eigenvalue weighted by atomic mass is 9.71. The van der Waals surface area contributed by atoms with Crippen LogP contribution in [0.3, 0.4) is 0 Å². The predicted molar refractivity (Wildman–Crippen MR) is 136 cm³/mol. The van der Waals surface area contributed by atoms with Crippen LogP contribution in [-0.4, -0.2) is 37.7 Å². The summed E-state index contributed by atoms with van der Waals surface area (Å²) >= 11 is 0. The Morgan fingerprint density at radius 2 is 1.81 bits per heavy atom. The number of carbonyl (C=O) groups is 2. The van der Waals surface area contributed by atoms with E-state index in [1.54, 1.807) is 32.4 Å². The number of methoxy groups -OCH3 is 2. The number of nitrogens with one attached hydrogen (secondary N) is 1. The van der Waals surface area contributed by atoms with Crippen molar-refractivity contribution in [1.82, 2.24) is 5.32 Å². The molecule has 0 unspecified atom stereocenters. The number of ketones is 1. The molecule has 2 atom stereocenters. The second-order valence-corrected chi connectivity index (χ2v) is 9.72. The summed E-state index contributed by atoms with van der Waals surface area (Å²) in [7, 11) is 3.18. The monoisotopic (exact) mass is 491 g/mol. The molecule has 0 bridgehead atoms. The summed E-state index contributed by atoms with van der Waals surface area (Å²) in [6, 6.07) is 12.4. The molecule has 0 radical (unpaired) electrons. The molecule has 0 saturated heterocycles. The molecule has 1 heterocycles. The number of phenols is 1. The number of Topliss-reactive ketones (excluding diaryl/α,β-unsaturated/α-hetero) is 1. The number of dihydropyridines is 1. The number of allylic oxidation sites excluding steroid dienone is 3. The maximum absolute atomic E-state index is 13.7. The average Bonchev–Trinajstić information content (AvgIpc) is 2.85. The van der Waals surface area contributed by atoms with E-state index in [0.29, 0.717) is 46.7 Å². The number of benzene rings is 2. The van der Waals surface area contributed by atoms with Crippen molar-refractivity contribution in [2.75, 3.05) is 20.8 Å².